The summed E-state index contributed by atoms with van der Waals surface area (Å²) in [4.78, 5) is 76.1. The number of ether oxygens (including phenoxy) is 7. The van der Waals surface area contributed by atoms with Crippen LogP contribution in [0.25, 0.3) is 0 Å². The van der Waals surface area contributed by atoms with Gasteiger partial charge in [0.1, 0.15) is 44.8 Å². The molecule has 7 aliphatic rings. The summed E-state index contributed by atoms with van der Waals surface area (Å²) in [5.74, 6) is 3.23. The van der Waals surface area contributed by atoms with Gasteiger partial charge in [-0.15, -0.1) is 0 Å². The topological polar surface area (TPSA) is 310 Å². The molecule has 0 bridgehead atoms. The Kier molecular flexibility index (Phi) is 46.4. The molecule has 6 aliphatic carbocycles. The SMILES string of the molecule is CCCCOc1cccc(CC(N)(CCC2CCCCC2)C(=O)OC)c1.COC(=O)C(N)(CCC1CCCCC1)CC1=CCCCC1.COC(=O)C(N)(CCC1CCCCC1)CC1CCCN(C(=O)OC(C)(C)C)C1.COC(=O)C(N)(CCC1CCCCC1)Cc1cccc(O[Si](C)(C)C(C)(C)C)c1.COC(=O)C(N)(CCc1ccccc1)CC1=CCCCC1. The van der Waals surface area contributed by atoms with Crippen molar-refractivity contribution in [1.82, 2.24) is 4.90 Å². The molecule has 21 heteroatoms. The summed E-state index contributed by atoms with van der Waals surface area (Å²) < 4.78 is 42.9. The maximum atomic E-state index is 12.6. The molecule has 1 heterocycles. The van der Waals surface area contributed by atoms with Crippen LogP contribution in [0.15, 0.2) is 102 Å². The molecule has 4 saturated carbocycles. The number of carbonyl (C=O) groups is 6. The maximum absolute atomic E-state index is 12.6. The zero-order valence-corrected chi connectivity index (χ0v) is 81.5. The summed E-state index contributed by atoms with van der Waals surface area (Å²) in [6.45, 7) is 21.0. The highest BCUT2D eigenvalue weighted by Gasteiger charge is 2.44. The molecule has 6 atom stereocenters. The summed E-state index contributed by atoms with van der Waals surface area (Å²) >= 11 is 0. The molecule has 10 rings (SSSR count). The largest absolute Gasteiger partial charge is 0.543 e. The molecule has 3 aromatic rings. The molecule has 1 aliphatic heterocycles. The molecule has 10 N–H and O–H groups in total. The van der Waals surface area contributed by atoms with Gasteiger partial charge in [-0.1, -0.05) is 240 Å². The van der Waals surface area contributed by atoms with Crippen molar-refractivity contribution in [3.8, 4) is 11.5 Å². The molecule has 0 spiro atoms. The number of aryl methyl sites for hydroxylation is 1. The number of amides is 1. The normalized spacial score (nSPS) is 20.1. The van der Waals surface area contributed by atoms with Gasteiger partial charge in [0.15, 0.2) is 0 Å². The predicted octanol–water partition coefficient (Wildman–Crippen LogP) is 22.2. The highest BCUT2D eigenvalue weighted by molar-refractivity contribution is 6.74. The second-order valence-corrected chi connectivity index (χ2v) is 45.5. The minimum Gasteiger partial charge on any atom is -0.543 e. The Hall–Kier alpha value is -6.62. The summed E-state index contributed by atoms with van der Waals surface area (Å²) in [5, 5.41) is 0.132. The molecule has 3 aromatic carbocycles. The number of nitrogens with zero attached hydrogens (tertiary/aromatic N) is 1. The summed E-state index contributed by atoms with van der Waals surface area (Å²) in [7, 11) is 5.23. The van der Waals surface area contributed by atoms with Crippen molar-refractivity contribution in [3.63, 3.8) is 0 Å². The number of hydrogen-bond donors (Lipinski definition) is 5. The van der Waals surface area contributed by atoms with E-state index in [2.05, 4.69) is 65.1 Å². The van der Waals surface area contributed by atoms with E-state index in [-0.39, 0.29) is 46.9 Å². The van der Waals surface area contributed by atoms with E-state index in [4.69, 9.17) is 66.3 Å². The Labute approximate surface area is 756 Å². The van der Waals surface area contributed by atoms with E-state index in [0.717, 1.165) is 118 Å². The van der Waals surface area contributed by atoms with E-state index in [9.17, 15) is 28.8 Å². The average molecular weight is 1760 g/mol. The fraction of sp³-hybridized carbons (Fsp3) is 0.731. The van der Waals surface area contributed by atoms with E-state index in [1.54, 1.807) is 4.90 Å². The molecule has 0 radical (unpaired) electrons. The molecule has 0 aromatic heterocycles. The van der Waals surface area contributed by atoms with E-state index >= 15 is 0 Å². The molecule has 125 heavy (non-hydrogen) atoms. The third-order valence-electron chi connectivity index (χ3n) is 28.0. The molecule has 20 nitrogen and oxygen atoms in total. The van der Waals surface area contributed by atoms with Crippen molar-refractivity contribution in [2.45, 2.75) is 402 Å². The first-order valence-electron chi connectivity index (χ1n) is 48.7. The monoisotopic (exact) mass is 1760 g/mol. The molecular weight excluding hydrogens is 1590 g/mol. The predicted molar refractivity (Wildman–Crippen MR) is 509 cm³/mol. The first-order chi connectivity index (χ1) is 59.4. The molecule has 706 valence electrons. The van der Waals surface area contributed by atoms with Gasteiger partial charge in [0.2, 0.25) is 8.32 Å². The minimum absolute atomic E-state index is 0.132. The third-order valence-corrected chi connectivity index (χ3v) is 32.4. The fourth-order valence-electron chi connectivity index (χ4n) is 19.3. The number of unbranched alkanes of at least 4 members (excludes halogenated alkanes) is 1. The van der Waals surface area contributed by atoms with Crippen LogP contribution in [-0.4, -0.2) is 138 Å². The number of allylic oxidation sites excluding steroid dienone is 2. The van der Waals surface area contributed by atoms with Crippen molar-refractivity contribution in [1.29, 1.82) is 0 Å². The molecule has 6 unspecified atom stereocenters. The number of likely N-dealkylation sites (tertiary alicyclic amines) is 1. The number of methoxy groups -OCH3 is 5. The lowest BCUT2D eigenvalue weighted by Gasteiger charge is -2.38. The van der Waals surface area contributed by atoms with Gasteiger partial charge < -0.3 is 71.2 Å². The molecule has 1 saturated heterocycles. The average Bonchev–Trinajstić information content (AvgIpc) is 0.828. The summed E-state index contributed by atoms with van der Waals surface area (Å²) in [6, 6.07) is 26.2. The molecule has 5 fully saturated rings. The van der Waals surface area contributed by atoms with Gasteiger partial charge >= 0.3 is 35.9 Å². The van der Waals surface area contributed by atoms with Crippen LogP contribution in [0.1, 0.15) is 348 Å². The Balaban J connectivity index is 0.000000243. The lowest BCUT2D eigenvalue weighted by atomic mass is 9.77. The van der Waals surface area contributed by atoms with Crippen LogP contribution >= 0.6 is 0 Å². The Bertz CT molecular complexity index is 3720. The van der Waals surface area contributed by atoms with Crippen molar-refractivity contribution in [2.75, 3.05) is 55.2 Å². The zero-order valence-electron chi connectivity index (χ0n) is 80.5. The number of benzene rings is 3. The highest BCUT2D eigenvalue weighted by Crippen LogP contribution is 2.41. The van der Waals surface area contributed by atoms with E-state index < -0.39 is 41.6 Å². The van der Waals surface area contributed by atoms with Crippen LogP contribution in [0.4, 0.5) is 4.79 Å². The standard InChI is InChI=1S/C24H41NO3Si.C22H40N2O4.C22H35NO3.C18H31NO2.C18H25NO2/c1-23(2,3)29(5,6)28-21-14-10-13-20(17-21)18-24(25,22(26)27-4)16-15-19-11-8-7-9-12-19;1-21(2,3)28-20(26)24-14-8-11-18(16-24)15-22(23,19(25)27-4)13-12-17-9-6-5-7-10-17;1-3-4-15-26-20-12-8-11-19(16-20)17-22(23,21(24)25-2)14-13-18-9-6-5-7-10-18;2*1-21-17(20)18(19,14-16-10-6-3-7-11-16)13-12-15-8-4-2-5-9-15/h10,13-14,17,19H,7-9,11-12,15-16,18,25H2,1-6H3;17-18H,5-16,23H2,1-4H3;8,11-12,16,18H,3-7,9-10,13-15,17,23H2,1-2H3;10,15H,2-9,11-14,19H2,1H3;2,4-5,8-10H,3,6-7,11-14,19H2,1H3. The van der Waals surface area contributed by atoms with Gasteiger partial charge in [-0.25, -0.2) is 4.79 Å². The van der Waals surface area contributed by atoms with Crippen LogP contribution in [0.3, 0.4) is 0 Å². The van der Waals surface area contributed by atoms with Gasteiger partial charge in [0.05, 0.1) is 42.2 Å². The number of carbonyl (C=O) groups excluding carboxylic acids is 6. The van der Waals surface area contributed by atoms with Gasteiger partial charge in [0, 0.05) is 25.9 Å². The van der Waals surface area contributed by atoms with E-state index in [0.29, 0.717) is 95.2 Å². The first kappa shape index (κ1) is 107. The molecular formula is C104H172N6O14Si. The Morgan fingerprint density at radius 3 is 1.17 bits per heavy atom. The number of esters is 5. The maximum Gasteiger partial charge on any atom is 0.410 e. The van der Waals surface area contributed by atoms with Crippen molar-refractivity contribution < 1.29 is 66.4 Å². The second-order valence-electron chi connectivity index (χ2n) is 40.8. The number of rotatable bonds is 36. The molecule has 1 amide bonds. The Morgan fingerprint density at radius 1 is 0.416 bits per heavy atom. The van der Waals surface area contributed by atoms with E-state index in [1.165, 1.54) is 206 Å². The van der Waals surface area contributed by atoms with Crippen LogP contribution in [0, 0.1) is 29.6 Å². The lowest BCUT2D eigenvalue weighted by molar-refractivity contribution is -0.149. The van der Waals surface area contributed by atoms with E-state index in [1.807, 2.05) is 87.5 Å². The number of piperidine rings is 1. The number of nitrogens with two attached hydrogens (primary N) is 5. The summed E-state index contributed by atoms with van der Waals surface area (Å²) in [5.41, 5.74) is 33.5. The van der Waals surface area contributed by atoms with Crippen molar-refractivity contribution in [3.05, 3.63) is 119 Å². The van der Waals surface area contributed by atoms with Crippen molar-refractivity contribution in [2.24, 2.45) is 58.3 Å². The smallest absolute Gasteiger partial charge is 0.410 e. The fourth-order valence-corrected chi connectivity index (χ4v) is 20.3. The van der Waals surface area contributed by atoms with Gasteiger partial charge in [-0.2, -0.15) is 0 Å². The Morgan fingerprint density at radius 2 is 0.784 bits per heavy atom. The van der Waals surface area contributed by atoms with Gasteiger partial charge in [0.25, 0.3) is 0 Å². The third kappa shape index (κ3) is 38.2. The number of hydrogen-bond acceptors (Lipinski definition) is 19. The first-order valence-corrected chi connectivity index (χ1v) is 51.6. The van der Waals surface area contributed by atoms with Crippen LogP contribution in [-0.2, 0) is 71.7 Å². The van der Waals surface area contributed by atoms with Gasteiger partial charge in [-0.3, -0.25) is 24.0 Å². The highest BCUT2D eigenvalue weighted by atomic mass is 28.4. The quantitative estimate of drug-likeness (QED) is 0.0119. The lowest BCUT2D eigenvalue weighted by Crippen LogP contribution is -2.52. The second kappa shape index (κ2) is 54.1. The van der Waals surface area contributed by atoms with Crippen molar-refractivity contribution >= 4 is 44.3 Å². The minimum atomic E-state index is -1.92. The van der Waals surface area contributed by atoms with Crippen LogP contribution in [0.5, 0.6) is 11.5 Å². The zero-order chi connectivity index (χ0) is 91.6. The van der Waals surface area contributed by atoms with Gasteiger partial charge in [-0.05, 0) is 264 Å². The van der Waals surface area contributed by atoms with Crippen LogP contribution < -0.4 is 37.8 Å². The summed E-state index contributed by atoms with van der Waals surface area (Å²) in [6.07, 6.45) is 54.6. The van der Waals surface area contributed by atoms with Crippen LogP contribution in [0.2, 0.25) is 18.1 Å².